The number of hydrogen-bond donors (Lipinski definition) is 1. The highest BCUT2D eigenvalue weighted by Crippen LogP contribution is 2.33. The number of aryl methyl sites for hydroxylation is 3. The molecule has 0 aliphatic carbocycles. The standard InChI is InChI=1S/C27H32N2O4S/c1-6-22-10-12-23(13-11-22)21(4)28-27(30)18-29(25-17-20(3)9-16-26(25)33-5)34(31,32)24-14-7-19(2)8-15-24/h7-17,21H,6,18H2,1-5H3,(H,28,30)/t21-/m0/s1. The van der Waals surface area contributed by atoms with Crippen LogP contribution in [0.1, 0.15) is 42.1 Å². The normalized spacial score (nSPS) is 12.1. The van der Waals surface area contributed by atoms with E-state index < -0.39 is 15.9 Å². The highest BCUT2D eigenvalue weighted by atomic mass is 32.2. The van der Waals surface area contributed by atoms with E-state index in [2.05, 4.69) is 12.2 Å². The Kier molecular flexibility index (Phi) is 7.99. The van der Waals surface area contributed by atoms with Crippen molar-refractivity contribution in [1.82, 2.24) is 5.32 Å². The first-order valence-electron chi connectivity index (χ1n) is 11.3. The predicted octanol–water partition coefficient (Wildman–Crippen LogP) is 4.95. The molecule has 3 aromatic rings. The van der Waals surface area contributed by atoms with Gasteiger partial charge in [-0.3, -0.25) is 9.10 Å². The lowest BCUT2D eigenvalue weighted by Gasteiger charge is -2.27. The molecule has 1 amide bonds. The fourth-order valence-corrected chi connectivity index (χ4v) is 5.10. The summed E-state index contributed by atoms with van der Waals surface area (Å²) in [6.07, 6.45) is 0.936. The van der Waals surface area contributed by atoms with Crippen LogP contribution in [0.3, 0.4) is 0 Å². The molecular weight excluding hydrogens is 448 g/mol. The molecule has 0 spiro atoms. The van der Waals surface area contributed by atoms with Crippen molar-refractivity contribution in [2.24, 2.45) is 0 Å². The summed E-state index contributed by atoms with van der Waals surface area (Å²) in [4.78, 5) is 13.2. The number of nitrogens with zero attached hydrogens (tertiary/aromatic N) is 1. The van der Waals surface area contributed by atoms with Crippen LogP contribution >= 0.6 is 0 Å². The number of carbonyl (C=O) groups excluding carboxylic acids is 1. The fourth-order valence-electron chi connectivity index (χ4n) is 3.67. The van der Waals surface area contributed by atoms with Crippen LogP contribution in [-0.4, -0.2) is 28.0 Å². The minimum absolute atomic E-state index is 0.109. The monoisotopic (exact) mass is 480 g/mol. The summed E-state index contributed by atoms with van der Waals surface area (Å²) in [7, 11) is -2.55. The summed E-state index contributed by atoms with van der Waals surface area (Å²) in [6, 6.07) is 19.6. The van der Waals surface area contributed by atoms with Crippen molar-refractivity contribution in [2.45, 2.75) is 45.1 Å². The number of anilines is 1. The molecule has 6 nitrogen and oxygen atoms in total. The van der Waals surface area contributed by atoms with Crippen molar-refractivity contribution in [3.63, 3.8) is 0 Å². The van der Waals surface area contributed by atoms with Crippen LogP contribution in [0.15, 0.2) is 71.6 Å². The van der Waals surface area contributed by atoms with E-state index in [0.717, 1.165) is 27.4 Å². The number of hydrogen-bond acceptors (Lipinski definition) is 4. The minimum atomic E-state index is -4.03. The molecule has 7 heteroatoms. The average Bonchev–Trinajstić information content (AvgIpc) is 2.82. The van der Waals surface area contributed by atoms with E-state index in [0.29, 0.717) is 11.4 Å². The van der Waals surface area contributed by atoms with Gasteiger partial charge in [0.15, 0.2) is 0 Å². The van der Waals surface area contributed by atoms with E-state index in [1.165, 1.54) is 12.7 Å². The van der Waals surface area contributed by atoms with Crippen LogP contribution in [-0.2, 0) is 21.2 Å². The van der Waals surface area contributed by atoms with Gasteiger partial charge in [0.05, 0.1) is 23.7 Å². The maximum absolute atomic E-state index is 13.7. The highest BCUT2D eigenvalue weighted by molar-refractivity contribution is 7.92. The first-order chi connectivity index (χ1) is 16.1. The predicted molar refractivity (Wildman–Crippen MR) is 136 cm³/mol. The van der Waals surface area contributed by atoms with Crippen LogP contribution in [0, 0.1) is 13.8 Å². The summed E-state index contributed by atoms with van der Waals surface area (Å²) in [5.74, 6) is -0.0383. The van der Waals surface area contributed by atoms with Gasteiger partial charge in [-0.25, -0.2) is 8.42 Å². The summed E-state index contributed by atoms with van der Waals surface area (Å²) < 4.78 is 33.9. The van der Waals surface area contributed by atoms with E-state index >= 15 is 0 Å². The van der Waals surface area contributed by atoms with E-state index in [4.69, 9.17) is 4.74 Å². The maximum atomic E-state index is 13.7. The maximum Gasteiger partial charge on any atom is 0.264 e. The number of ether oxygens (including phenoxy) is 1. The zero-order valence-corrected chi connectivity index (χ0v) is 21.1. The van der Waals surface area contributed by atoms with Crippen molar-refractivity contribution in [3.05, 3.63) is 89.0 Å². The molecule has 1 N–H and O–H groups in total. The average molecular weight is 481 g/mol. The molecule has 0 heterocycles. The number of benzene rings is 3. The minimum Gasteiger partial charge on any atom is -0.495 e. The Labute approximate surface area is 202 Å². The Morgan fingerprint density at radius 1 is 0.971 bits per heavy atom. The molecule has 3 aromatic carbocycles. The van der Waals surface area contributed by atoms with Crippen LogP contribution in [0.5, 0.6) is 5.75 Å². The van der Waals surface area contributed by atoms with Crippen molar-refractivity contribution in [2.75, 3.05) is 18.0 Å². The second-order valence-corrected chi connectivity index (χ2v) is 10.2. The Balaban J connectivity index is 1.94. The third-order valence-electron chi connectivity index (χ3n) is 5.76. The molecule has 3 rings (SSSR count). The van der Waals surface area contributed by atoms with Crippen LogP contribution in [0.4, 0.5) is 5.69 Å². The van der Waals surface area contributed by atoms with E-state index in [9.17, 15) is 13.2 Å². The van der Waals surface area contributed by atoms with Gasteiger partial charge in [0.2, 0.25) is 5.91 Å². The largest absolute Gasteiger partial charge is 0.495 e. The van der Waals surface area contributed by atoms with E-state index in [-0.39, 0.29) is 17.5 Å². The van der Waals surface area contributed by atoms with Crippen molar-refractivity contribution < 1.29 is 17.9 Å². The van der Waals surface area contributed by atoms with Crippen molar-refractivity contribution in [1.29, 1.82) is 0 Å². The molecule has 0 bridgehead atoms. The third kappa shape index (κ3) is 5.78. The lowest BCUT2D eigenvalue weighted by molar-refractivity contribution is -0.120. The summed E-state index contributed by atoms with van der Waals surface area (Å²) in [5.41, 5.74) is 4.28. The number of rotatable bonds is 9. The van der Waals surface area contributed by atoms with Gasteiger partial charge in [-0.15, -0.1) is 0 Å². The van der Waals surface area contributed by atoms with Gasteiger partial charge < -0.3 is 10.1 Å². The number of carbonyl (C=O) groups is 1. The van der Waals surface area contributed by atoms with E-state index in [1.54, 1.807) is 36.4 Å². The molecule has 0 aromatic heterocycles. The molecule has 180 valence electrons. The van der Waals surface area contributed by atoms with Crippen molar-refractivity contribution in [3.8, 4) is 5.75 Å². The molecule has 0 radical (unpaired) electrons. The summed E-state index contributed by atoms with van der Waals surface area (Å²) >= 11 is 0. The van der Waals surface area contributed by atoms with Gasteiger partial charge in [0.1, 0.15) is 12.3 Å². The second-order valence-electron chi connectivity index (χ2n) is 8.38. The van der Waals surface area contributed by atoms with Gasteiger partial charge in [-0.05, 0) is 68.1 Å². The summed E-state index contributed by atoms with van der Waals surface area (Å²) in [6.45, 7) is 7.34. The summed E-state index contributed by atoms with van der Waals surface area (Å²) in [5, 5.41) is 2.93. The van der Waals surface area contributed by atoms with Gasteiger partial charge in [-0.2, -0.15) is 0 Å². The van der Waals surface area contributed by atoms with E-state index in [1.807, 2.05) is 51.1 Å². The molecule has 0 fully saturated rings. The zero-order chi connectivity index (χ0) is 24.9. The first kappa shape index (κ1) is 25.3. The lowest BCUT2D eigenvalue weighted by Crippen LogP contribution is -2.41. The van der Waals surface area contributed by atoms with Gasteiger partial charge in [0.25, 0.3) is 10.0 Å². The quantitative estimate of drug-likeness (QED) is 0.470. The van der Waals surface area contributed by atoms with Crippen LogP contribution < -0.4 is 14.4 Å². The van der Waals surface area contributed by atoms with Gasteiger partial charge >= 0.3 is 0 Å². The fraction of sp³-hybridized carbons (Fsp3) is 0.296. The number of methoxy groups -OCH3 is 1. The smallest absolute Gasteiger partial charge is 0.264 e. The number of nitrogens with one attached hydrogen (secondary N) is 1. The molecule has 0 unspecified atom stereocenters. The topological polar surface area (TPSA) is 75.7 Å². The second kappa shape index (κ2) is 10.7. The van der Waals surface area contributed by atoms with Crippen LogP contribution in [0.2, 0.25) is 0 Å². The first-order valence-corrected chi connectivity index (χ1v) is 12.7. The van der Waals surface area contributed by atoms with Gasteiger partial charge in [-0.1, -0.05) is 55.0 Å². The Morgan fingerprint density at radius 2 is 1.59 bits per heavy atom. The Hall–Kier alpha value is -3.32. The lowest BCUT2D eigenvalue weighted by atomic mass is 10.1. The Morgan fingerprint density at radius 3 is 2.18 bits per heavy atom. The Bertz CT molecular complexity index is 1240. The number of sulfonamides is 1. The SMILES string of the molecule is CCc1ccc([C@H](C)NC(=O)CN(c2cc(C)ccc2OC)S(=O)(=O)c2ccc(C)cc2)cc1. The molecule has 34 heavy (non-hydrogen) atoms. The number of amides is 1. The molecule has 0 aliphatic heterocycles. The molecule has 0 saturated heterocycles. The molecule has 0 saturated carbocycles. The molecular formula is C27H32N2O4S. The third-order valence-corrected chi connectivity index (χ3v) is 7.54. The highest BCUT2D eigenvalue weighted by Gasteiger charge is 2.30. The van der Waals surface area contributed by atoms with Crippen LogP contribution in [0.25, 0.3) is 0 Å². The van der Waals surface area contributed by atoms with Crippen molar-refractivity contribution >= 4 is 21.6 Å². The molecule has 1 atom stereocenters. The zero-order valence-electron chi connectivity index (χ0n) is 20.3. The molecule has 0 aliphatic rings. The van der Waals surface area contributed by atoms with Gasteiger partial charge in [0, 0.05) is 0 Å².